The fraction of sp³-hybridized carbons (Fsp3) is 0.500. The van der Waals surface area contributed by atoms with Crippen LogP contribution in [0.3, 0.4) is 0 Å². The van der Waals surface area contributed by atoms with Gasteiger partial charge in [0, 0.05) is 18.2 Å². The van der Waals surface area contributed by atoms with Gasteiger partial charge in [0.1, 0.15) is 5.75 Å². The normalized spacial score (nSPS) is 17.2. The average molecular weight is 355 g/mol. The molecule has 0 saturated carbocycles. The van der Waals surface area contributed by atoms with Crippen molar-refractivity contribution in [2.75, 3.05) is 11.9 Å². The van der Waals surface area contributed by atoms with Crippen LogP contribution in [0.5, 0.6) is 5.75 Å². The lowest BCUT2D eigenvalue weighted by atomic mass is 10.1. The highest BCUT2D eigenvalue weighted by molar-refractivity contribution is 6.32. The summed E-state index contributed by atoms with van der Waals surface area (Å²) in [6, 6.07) is 4.59. The van der Waals surface area contributed by atoms with Gasteiger partial charge in [-0.3, -0.25) is 4.79 Å². The van der Waals surface area contributed by atoms with Gasteiger partial charge in [0.25, 0.3) is 0 Å². The van der Waals surface area contributed by atoms with Crippen molar-refractivity contribution in [1.29, 1.82) is 0 Å². The van der Waals surface area contributed by atoms with Gasteiger partial charge in [0.05, 0.1) is 5.02 Å². The van der Waals surface area contributed by atoms with Gasteiger partial charge in [-0.1, -0.05) is 11.6 Å². The zero-order chi connectivity index (χ0) is 15.2. The van der Waals surface area contributed by atoms with Crippen molar-refractivity contribution in [3.63, 3.8) is 0 Å². The Morgan fingerprint density at radius 2 is 2.27 bits per heavy atom. The monoisotopic (exact) mass is 354 g/mol. The van der Waals surface area contributed by atoms with E-state index in [2.05, 4.69) is 15.4 Å². The van der Waals surface area contributed by atoms with E-state index >= 15 is 0 Å². The Hall–Kier alpha value is -1.11. The van der Waals surface area contributed by atoms with Gasteiger partial charge in [-0.15, -0.1) is 12.4 Å². The first-order valence-electron chi connectivity index (χ1n) is 6.82. The molecule has 124 valence electrons. The van der Waals surface area contributed by atoms with E-state index in [1.54, 1.807) is 0 Å². The molecule has 1 atom stereocenters. The van der Waals surface area contributed by atoms with Crippen molar-refractivity contribution < 1.29 is 18.3 Å². The number of amides is 1. The lowest BCUT2D eigenvalue weighted by Gasteiger charge is -2.11. The molecular formula is C14H18Cl2F2N2O2. The molecule has 1 saturated heterocycles. The molecule has 4 nitrogen and oxygen atoms in total. The minimum absolute atomic E-state index is 0. The summed E-state index contributed by atoms with van der Waals surface area (Å²) in [7, 11) is 0. The van der Waals surface area contributed by atoms with E-state index in [0.717, 1.165) is 25.8 Å². The summed E-state index contributed by atoms with van der Waals surface area (Å²) in [4.78, 5) is 11.8. The van der Waals surface area contributed by atoms with Crippen LogP contribution in [0.2, 0.25) is 5.02 Å². The average Bonchev–Trinajstić information content (AvgIpc) is 2.92. The first-order valence-corrected chi connectivity index (χ1v) is 7.20. The predicted octanol–water partition coefficient (Wildman–Crippen LogP) is 3.83. The van der Waals surface area contributed by atoms with Crippen molar-refractivity contribution in [3.05, 3.63) is 23.2 Å². The van der Waals surface area contributed by atoms with Crippen molar-refractivity contribution in [2.45, 2.75) is 38.3 Å². The van der Waals surface area contributed by atoms with Gasteiger partial charge in [0.15, 0.2) is 0 Å². The van der Waals surface area contributed by atoms with E-state index < -0.39 is 6.61 Å². The second-order valence-electron chi connectivity index (χ2n) is 4.90. The van der Waals surface area contributed by atoms with Crippen LogP contribution in [0, 0.1) is 0 Å². The number of nitrogens with one attached hydrogen (secondary N) is 2. The molecule has 0 radical (unpaired) electrons. The molecule has 2 rings (SSSR count). The summed E-state index contributed by atoms with van der Waals surface area (Å²) in [5, 5.41) is 6.05. The smallest absolute Gasteiger partial charge is 0.387 e. The molecule has 0 spiro atoms. The summed E-state index contributed by atoms with van der Waals surface area (Å²) in [5.41, 5.74) is 0.464. The standard InChI is InChI=1S/C14H17ClF2N2O2.ClH/c15-11-8-10(3-5-12(11)21-14(16)17)19-13(20)6-4-9-2-1-7-18-9;/h3,5,8-9,14,18H,1-2,4,6-7H2,(H,19,20);1H. The number of ether oxygens (including phenoxy) is 1. The molecule has 1 aromatic rings. The van der Waals surface area contributed by atoms with E-state index in [0.29, 0.717) is 18.2 Å². The number of hydrogen-bond acceptors (Lipinski definition) is 3. The first kappa shape index (κ1) is 18.9. The number of carbonyl (C=O) groups is 1. The van der Waals surface area contributed by atoms with Gasteiger partial charge in [0.2, 0.25) is 5.91 Å². The van der Waals surface area contributed by atoms with Crippen LogP contribution in [0.1, 0.15) is 25.7 Å². The molecule has 0 aromatic heterocycles. The third-order valence-corrected chi connectivity index (χ3v) is 3.61. The minimum atomic E-state index is -2.93. The van der Waals surface area contributed by atoms with Gasteiger partial charge in [-0.25, -0.2) is 0 Å². The highest BCUT2D eigenvalue weighted by atomic mass is 35.5. The summed E-state index contributed by atoms with van der Waals surface area (Å²) < 4.78 is 28.4. The summed E-state index contributed by atoms with van der Waals surface area (Å²) >= 11 is 5.82. The summed E-state index contributed by atoms with van der Waals surface area (Å²) in [5.74, 6) is -0.234. The fourth-order valence-electron chi connectivity index (χ4n) is 2.30. The fourth-order valence-corrected chi connectivity index (χ4v) is 2.53. The molecule has 0 aliphatic carbocycles. The zero-order valence-corrected chi connectivity index (χ0v) is 13.4. The third-order valence-electron chi connectivity index (χ3n) is 3.31. The summed E-state index contributed by atoms with van der Waals surface area (Å²) in [6.45, 7) is -1.92. The highest BCUT2D eigenvalue weighted by Gasteiger charge is 2.15. The van der Waals surface area contributed by atoms with Crippen LogP contribution in [0.15, 0.2) is 18.2 Å². The molecule has 0 bridgehead atoms. The maximum Gasteiger partial charge on any atom is 0.387 e. The topological polar surface area (TPSA) is 50.4 Å². The van der Waals surface area contributed by atoms with Crippen LogP contribution in [-0.2, 0) is 4.79 Å². The SMILES string of the molecule is Cl.O=C(CCC1CCCN1)Nc1ccc(OC(F)F)c(Cl)c1. The molecule has 22 heavy (non-hydrogen) atoms. The molecule has 1 aliphatic rings. The molecule has 1 aliphatic heterocycles. The van der Waals surface area contributed by atoms with E-state index in [4.69, 9.17) is 11.6 Å². The van der Waals surface area contributed by atoms with Gasteiger partial charge < -0.3 is 15.4 Å². The lowest BCUT2D eigenvalue weighted by Crippen LogP contribution is -2.23. The summed E-state index contributed by atoms with van der Waals surface area (Å²) in [6.07, 6.45) is 3.43. The van der Waals surface area contributed by atoms with Crippen molar-refractivity contribution in [1.82, 2.24) is 5.32 Å². The number of carbonyl (C=O) groups excluding carboxylic acids is 1. The number of halogens is 4. The second kappa shape index (κ2) is 9.12. The van der Waals surface area contributed by atoms with E-state index in [9.17, 15) is 13.6 Å². The minimum Gasteiger partial charge on any atom is -0.433 e. The number of benzene rings is 1. The number of rotatable bonds is 6. The molecule has 1 heterocycles. The third kappa shape index (κ3) is 5.94. The Kier molecular flexibility index (Phi) is 7.85. The van der Waals surface area contributed by atoms with Crippen molar-refractivity contribution in [2.24, 2.45) is 0 Å². The van der Waals surface area contributed by atoms with Gasteiger partial charge >= 0.3 is 6.61 Å². The van der Waals surface area contributed by atoms with Crippen LogP contribution < -0.4 is 15.4 Å². The van der Waals surface area contributed by atoms with Crippen LogP contribution in [0.25, 0.3) is 0 Å². The Morgan fingerprint density at radius 1 is 1.50 bits per heavy atom. The van der Waals surface area contributed by atoms with Crippen LogP contribution in [-0.4, -0.2) is 25.1 Å². The molecule has 1 amide bonds. The molecular weight excluding hydrogens is 337 g/mol. The number of alkyl halides is 2. The lowest BCUT2D eigenvalue weighted by molar-refractivity contribution is -0.116. The van der Waals surface area contributed by atoms with Crippen LogP contribution in [0.4, 0.5) is 14.5 Å². The highest BCUT2D eigenvalue weighted by Crippen LogP contribution is 2.29. The van der Waals surface area contributed by atoms with E-state index in [-0.39, 0.29) is 29.1 Å². The Balaban J connectivity index is 0.00000242. The Labute approximate surface area is 139 Å². The quantitative estimate of drug-likeness (QED) is 0.815. The Morgan fingerprint density at radius 3 is 2.86 bits per heavy atom. The van der Waals surface area contributed by atoms with Crippen molar-refractivity contribution >= 4 is 35.6 Å². The predicted molar refractivity (Wildman–Crippen MR) is 84.2 cm³/mol. The van der Waals surface area contributed by atoms with E-state index in [1.165, 1.54) is 18.2 Å². The van der Waals surface area contributed by atoms with E-state index in [1.807, 2.05) is 0 Å². The zero-order valence-electron chi connectivity index (χ0n) is 11.8. The Bertz CT molecular complexity index is 498. The largest absolute Gasteiger partial charge is 0.433 e. The maximum atomic E-state index is 12.1. The van der Waals surface area contributed by atoms with Crippen molar-refractivity contribution in [3.8, 4) is 5.75 Å². The first-order chi connectivity index (χ1) is 10.0. The molecule has 8 heteroatoms. The maximum absolute atomic E-state index is 12.1. The molecule has 1 fully saturated rings. The molecule has 1 unspecified atom stereocenters. The molecule has 1 aromatic carbocycles. The van der Waals surface area contributed by atoms with Gasteiger partial charge in [-0.2, -0.15) is 8.78 Å². The second-order valence-corrected chi connectivity index (χ2v) is 5.31. The van der Waals surface area contributed by atoms with Gasteiger partial charge in [-0.05, 0) is 44.0 Å². The molecule has 2 N–H and O–H groups in total. The number of anilines is 1. The number of hydrogen-bond donors (Lipinski definition) is 2. The van der Waals surface area contributed by atoms with Crippen LogP contribution >= 0.6 is 24.0 Å².